The van der Waals surface area contributed by atoms with Gasteiger partial charge in [-0.15, -0.1) is 0 Å². The fourth-order valence-corrected chi connectivity index (χ4v) is 3.35. The Morgan fingerprint density at radius 1 is 0.968 bits per heavy atom. The normalized spacial score (nSPS) is 11.8. The lowest BCUT2D eigenvalue weighted by molar-refractivity contribution is -0.122. The summed E-state index contributed by atoms with van der Waals surface area (Å²) in [6, 6.07) is 21.3. The lowest BCUT2D eigenvalue weighted by Gasteiger charge is -2.15. The second-order valence-corrected chi connectivity index (χ2v) is 7.58. The largest absolute Gasteiger partial charge is 0.479 e. The minimum Gasteiger partial charge on any atom is -0.479 e. The van der Waals surface area contributed by atoms with E-state index < -0.39 is 12.0 Å². The van der Waals surface area contributed by atoms with Crippen LogP contribution >= 0.6 is 11.6 Å². The molecule has 0 aliphatic rings. The van der Waals surface area contributed by atoms with Gasteiger partial charge in [0.15, 0.2) is 11.9 Å². The number of carbonyl (C=O) groups excluding carboxylic acids is 2. The maximum Gasteiger partial charge on any atom is 0.265 e. The van der Waals surface area contributed by atoms with E-state index in [1.165, 1.54) is 0 Å². The Bertz CT molecular complexity index is 1260. The summed E-state index contributed by atoms with van der Waals surface area (Å²) >= 11 is 6.12. The van der Waals surface area contributed by atoms with Gasteiger partial charge in [0, 0.05) is 10.9 Å². The van der Waals surface area contributed by atoms with Crippen LogP contribution in [0.2, 0.25) is 5.02 Å². The third kappa shape index (κ3) is 4.32. The van der Waals surface area contributed by atoms with Gasteiger partial charge in [-0.05, 0) is 38.1 Å². The number of amides is 1. The van der Waals surface area contributed by atoms with Crippen molar-refractivity contribution in [3.05, 3.63) is 94.7 Å². The standard InChI is InChI=1S/C25H20ClNO4/c1-15-11-13-17(14-12-15)23(28)24-22(18-7-3-5-9-20(18)31-24)27-25(29)16(2)30-21-10-6-4-8-19(21)26/h3-14,16H,1-2H3,(H,27,29)/t16-/m0/s1. The van der Waals surface area contributed by atoms with Crippen LogP contribution in [0.25, 0.3) is 11.0 Å². The minimum absolute atomic E-state index is 0.0725. The van der Waals surface area contributed by atoms with Gasteiger partial charge in [-0.2, -0.15) is 0 Å². The van der Waals surface area contributed by atoms with Crippen molar-refractivity contribution in [2.45, 2.75) is 20.0 Å². The Hall–Kier alpha value is -3.57. The zero-order chi connectivity index (χ0) is 22.0. The minimum atomic E-state index is -0.851. The molecule has 4 rings (SSSR count). The van der Waals surface area contributed by atoms with Crippen molar-refractivity contribution < 1.29 is 18.7 Å². The van der Waals surface area contributed by atoms with E-state index in [0.29, 0.717) is 33.0 Å². The van der Waals surface area contributed by atoms with E-state index in [1.807, 2.05) is 25.1 Å². The summed E-state index contributed by atoms with van der Waals surface area (Å²) < 4.78 is 11.5. The van der Waals surface area contributed by atoms with Crippen molar-refractivity contribution in [3.8, 4) is 5.75 Å². The number of fused-ring (bicyclic) bond motifs is 1. The molecule has 1 heterocycles. The number of furan rings is 1. The number of para-hydroxylation sites is 2. The molecule has 1 aromatic heterocycles. The molecule has 1 atom stereocenters. The number of nitrogens with one attached hydrogen (secondary N) is 1. The molecule has 0 saturated heterocycles. The lowest BCUT2D eigenvalue weighted by Crippen LogP contribution is -2.30. The fraction of sp³-hybridized carbons (Fsp3) is 0.120. The van der Waals surface area contributed by atoms with Crippen LogP contribution in [0.1, 0.15) is 28.6 Å². The highest BCUT2D eigenvalue weighted by Gasteiger charge is 2.25. The molecule has 4 aromatic rings. The first-order chi connectivity index (χ1) is 14.9. The van der Waals surface area contributed by atoms with E-state index in [4.69, 9.17) is 20.8 Å². The van der Waals surface area contributed by atoms with Crippen molar-refractivity contribution >= 4 is 39.9 Å². The first-order valence-electron chi connectivity index (χ1n) is 9.79. The van der Waals surface area contributed by atoms with Gasteiger partial charge < -0.3 is 14.5 Å². The summed E-state index contributed by atoms with van der Waals surface area (Å²) in [4.78, 5) is 26.0. The molecule has 6 heteroatoms. The molecule has 0 aliphatic heterocycles. The van der Waals surface area contributed by atoms with Crippen LogP contribution in [-0.4, -0.2) is 17.8 Å². The average Bonchev–Trinajstić information content (AvgIpc) is 3.13. The highest BCUT2D eigenvalue weighted by atomic mass is 35.5. The number of halogens is 1. The smallest absolute Gasteiger partial charge is 0.265 e. The van der Waals surface area contributed by atoms with Crippen LogP contribution < -0.4 is 10.1 Å². The quantitative estimate of drug-likeness (QED) is 0.377. The SMILES string of the molecule is Cc1ccc(C(=O)c2oc3ccccc3c2NC(=O)[C@H](C)Oc2ccccc2Cl)cc1. The highest BCUT2D eigenvalue weighted by molar-refractivity contribution is 6.32. The third-order valence-electron chi connectivity index (χ3n) is 4.87. The number of ketones is 1. The predicted octanol–water partition coefficient (Wildman–Crippen LogP) is 6.03. The Kier molecular flexibility index (Phi) is 5.78. The van der Waals surface area contributed by atoms with Crippen LogP contribution in [0.3, 0.4) is 0 Å². The molecule has 0 unspecified atom stereocenters. The van der Waals surface area contributed by atoms with Crippen molar-refractivity contribution in [2.75, 3.05) is 5.32 Å². The Balaban J connectivity index is 1.65. The Morgan fingerprint density at radius 3 is 2.39 bits per heavy atom. The van der Waals surface area contributed by atoms with Crippen LogP contribution in [0.5, 0.6) is 5.75 Å². The summed E-state index contributed by atoms with van der Waals surface area (Å²) in [5, 5.41) is 3.86. The number of ether oxygens (including phenoxy) is 1. The molecular weight excluding hydrogens is 414 g/mol. The Morgan fingerprint density at radius 2 is 1.65 bits per heavy atom. The molecule has 0 radical (unpaired) electrons. The predicted molar refractivity (Wildman–Crippen MR) is 121 cm³/mol. The average molecular weight is 434 g/mol. The van der Waals surface area contributed by atoms with E-state index in [2.05, 4.69) is 5.32 Å². The topological polar surface area (TPSA) is 68.5 Å². The van der Waals surface area contributed by atoms with E-state index >= 15 is 0 Å². The summed E-state index contributed by atoms with van der Waals surface area (Å²) in [5.74, 6) is -0.265. The van der Waals surface area contributed by atoms with E-state index in [-0.39, 0.29) is 11.5 Å². The van der Waals surface area contributed by atoms with Gasteiger partial charge >= 0.3 is 0 Å². The molecule has 0 aliphatic carbocycles. The van der Waals surface area contributed by atoms with E-state index in [0.717, 1.165) is 5.56 Å². The number of carbonyl (C=O) groups is 2. The van der Waals surface area contributed by atoms with Gasteiger partial charge in [-0.1, -0.05) is 65.7 Å². The van der Waals surface area contributed by atoms with Gasteiger partial charge in [0.1, 0.15) is 11.3 Å². The van der Waals surface area contributed by atoms with E-state index in [1.54, 1.807) is 61.5 Å². The van der Waals surface area contributed by atoms with Crippen LogP contribution in [-0.2, 0) is 4.79 Å². The zero-order valence-corrected chi connectivity index (χ0v) is 17.8. The summed E-state index contributed by atoms with van der Waals surface area (Å²) in [7, 11) is 0. The maximum absolute atomic E-state index is 13.1. The number of hydrogen-bond acceptors (Lipinski definition) is 4. The molecule has 3 aromatic carbocycles. The van der Waals surface area contributed by atoms with Crippen molar-refractivity contribution in [2.24, 2.45) is 0 Å². The Labute approximate surface area is 184 Å². The van der Waals surface area contributed by atoms with Gasteiger partial charge in [0.25, 0.3) is 5.91 Å². The lowest BCUT2D eigenvalue weighted by atomic mass is 10.1. The molecule has 5 nitrogen and oxygen atoms in total. The number of aryl methyl sites for hydroxylation is 1. The zero-order valence-electron chi connectivity index (χ0n) is 17.0. The number of hydrogen-bond donors (Lipinski definition) is 1. The highest BCUT2D eigenvalue weighted by Crippen LogP contribution is 2.33. The van der Waals surface area contributed by atoms with Crippen molar-refractivity contribution in [3.63, 3.8) is 0 Å². The molecule has 0 fully saturated rings. The molecule has 0 bridgehead atoms. The summed E-state index contributed by atoms with van der Waals surface area (Å²) in [6.45, 7) is 3.56. The van der Waals surface area contributed by atoms with Gasteiger partial charge in [-0.3, -0.25) is 9.59 Å². The number of rotatable bonds is 6. The first kappa shape index (κ1) is 20.7. The van der Waals surface area contributed by atoms with Gasteiger partial charge in [0.05, 0.1) is 10.7 Å². The monoisotopic (exact) mass is 433 g/mol. The van der Waals surface area contributed by atoms with Gasteiger partial charge in [-0.25, -0.2) is 0 Å². The van der Waals surface area contributed by atoms with Gasteiger partial charge in [0.2, 0.25) is 5.78 Å². The van der Waals surface area contributed by atoms with Crippen LogP contribution in [0.15, 0.2) is 77.2 Å². The third-order valence-corrected chi connectivity index (χ3v) is 5.19. The van der Waals surface area contributed by atoms with E-state index in [9.17, 15) is 9.59 Å². The molecular formula is C25H20ClNO4. The molecule has 31 heavy (non-hydrogen) atoms. The number of benzene rings is 3. The molecule has 1 N–H and O–H groups in total. The van der Waals surface area contributed by atoms with Crippen molar-refractivity contribution in [1.82, 2.24) is 0 Å². The molecule has 1 amide bonds. The van der Waals surface area contributed by atoms with Crippen LogP contribution in [0, 0.1) is 6.92 Å². The fourth-order valence-electron chi connectivity index (χ4n) is 3.17. The first-order valence-corrected chi connectivity index (χ1v) is 10.2. The second-order valence-electron chi connectivity index (χ2n) is 7.18. The summed E-state index contributed by atoms with van der Waals surface area (Å²) in [6.07, 6.45) is -0.851. The summed E-state index contributed by atoms with van der Waals surface area (Å²) in [5.41, 5.74) is 2.34. The number of anilines is 1. The molecule has 0 saturated carbocycles. The van der Waals surface area contributed by atoms with Crippen LogP contribution in [0.4, 0.5) is 5.69 Å². The second kappa shape index (κ2) is 8.66. The van der Waals surface area contributed by atoms with Crippen molar-refractivity contribution in [1.29, 1.82) is 0 Å². The maximum atomic E-state index is 13.1. The molecule has 0 spiro atoms. The molecule has 156 valence electrons.